The number of hydrogen-bond donors (Lipinski definition) is 1. The number of halogens is 1. The van der Waals surface area contributed by atoms with Gasteiger partial charge in [0.25, 0.3) is 0 Å². The zero-order valence-corrected chi connectivity index (χ0v) is 11.8. The number of hydrogen-bond acceptors (Lipinski definition) is 2. The summed E-state index contributed by atoms with van der Waals surface area (Å²) >= 11 is 0. The minimum atomic E-state index is 0. The number of piperazine rings is 1. The second kappa shape index (κ2) is 6.76. The maximum Gasteiger partial charge on any atom is 0.227 e. The van der Waals surface area contributed by atoms with Gasteiger partial charge in [-0.3, -0.25) is 4.79 Å². The van der Waals surface area contributed by atoms with Crippen molar-refractivity contribution in [3.63, 3.8) is 0 Å². The molecule has 4 heteroatoms. The van der Waals surface area contributed by atoms with Crippen LogP contribution >= 0.6 is 12.4 Å². The average Bonchev–Trinajstić information content (AvgIpc) is 2.29. The lowest BCUT2D eigenvalue weighted by atomic mass is 10.1. The van der Waals surface area contributed by atoms with Crippen LogP contribution in [0.5, 0.6) is 0 Å². The van der Waals surface area contributed by atoms with Crippen LogP contribution in [-0.4, -0.2) is 36.5 Å². The third kappa shape index (κ3) is 4.00. The second-order valence-corrected chi connectivity index (χ2v) is 4.86. The minimum Gasteiger partial charge on any atom is -0.340 e. The van der Waals surface area contributed by atoms with E-state index in [2.05, 4.69) is 31.3 Å². The third-order valence-electron chi connectivity index (χ3n) is 3.16. The van der Waals surface area contributed by atoms with Crippen LogP contribution in [0.4, 0.5) is 0 Å². The molecule has 0 aromatic heterocycles. The van der Waals surface area contributed by atoms with Crippen molar-refractivity contribution in [1.29, 1.82) is 0 Å². The van der Waals surface area contributed by atoms with E-state index in [9.17, 15) is 4.79 Å². The van der Waals surface area contributed by atoms with Crippen molar-refractivity contribution in [2.45, 2.75) is 26.3 Å². The van der Waals surface area contributed by atoms with Gasteiger partial charge in [-0.25, -0.2) is 0 Å². The number of rotatable bonds is 2. The highest BCUT2D eigenvalue weighted by atomic mass is 35.5. The molecule has 0 bridgehead atoms. The lowest BCUT2D eigenvalue weighted by Gasteiger charge is -2.32. The van der Waals surface area contributed by atoms with Crippen LogP contribution in [0.25, 0.3) is 0 Å². The molecular formula is C14H21ClN2O. The number of nitrogens with one attached hydrogen (secondary N) is 1. The number of carbonyl (C=O) groups excluding carboxylic acids is 1. The van der Waals surface area contributed by atoms with Crippen molar-refractivity contribution in [2.24, 2.45) is 0 Å². The SMILES string of the molecule is Cc1cccc(CC(=O)N2CCNC(C)C2)c1.Cl. The summed E-state index contributed by atoms with van der Waals surface area (Å²) in [6.07, 6.45) is 0.522. The van der Waals surface area contributed by atoms with Crippen molar-refractivity contribution in [2.75, 3.05) is 19.6 Å². The molecule has 1 atom stereocenters. The van der Waals surface area contributed by atoms with Crippen molar-refractivity contribution in [1.82, 2.24) is 10.2 Å². The molecule has 1 aromatic carbocycles. The Balaban J connectivity index is 0.00000162. The van der Waals surface area contributed by atoms with Gasteiger partial charge in [0.05, 0.1) is 6.42 Å². The Hall–Kier alpha value is -1.06. The molecule has 1 saturated heterocycles. The first kappa shape index (κ1) is 15.0. The summed E-state index contributed by atoms with van der Waals surface area (Å²) in [6, 6.07) is 8.59. The predicted molar refractivity (Wildman–Crippen MR) is 76.2 cm³/mol. The van der Waals surface area contributed by atoms with E-state index >= 15 is 0 Å². The highest BCUT2D eigenvalue weighted by Gasteiger charge is 2.20. The van der Waals surface area contributed by atoms with Gasteiger partial charge in [0.15, 0.2) is 0 Å². The summed E-state index contributed by atoms with van der Waals surface area (Å²) in [5, 5.41) is 3.35. The largest absolute Gasteiger partial charge is 0.340 e. The molecule has 100 valence electrons. The smallest absolute Gasteiger partial charge is 0.227 e. The Labute approximate surface area is 115 Å². The molecule has 1 N–H and O–H groups in total. The Kier molecular flexibility index (Phi) is 5.63. The van der Waals surface area contributed by atoms with E-state index < -0.39 is 0 Å². The monoisotopic (exact) mass is 268 g/mol. The fraction of sp³-hybridized carbons (Fsp3) is 0.500. The Bertz CT molecular complexity index is 409. The van der Waals surface area contributed by atoms with E-state index in [1.54, 1.807) is 0 Å². The van der Waals surface area contributed by atoms with Crippen LogP contribution in [0, 0.1) is 6.92 Å². The topological polar surface area (TPSA) is 32.3 Å². The van der Waals surface area contributed by atoms with Gasteiger partial charge in [-0.1, -0.05) is 29.8 Å². The van der Waals surface area contributed by atoms with E-state index in [-0.39, 0.29) is 18.3 Å². The molecule has 1 aromatic rings. The van der Waals surface area contributed by atoms with E-state index in [1.165, 1.54) is 5.56 Å². The second-order valence-electron chi connectivity index (χ2n) is 4.86. The van der Waals surface area contributed by atoms with Gasteiger partial charge < -0.3 is 10.2 Å². The molecule has 1 aliphatic heterocycles. The Morgan fingerprint density at radius 3 is 2.94 bits per heavy atom. The Morgan fingerprint density at radius 2 is 2.28 bits per heavy atom. The highest BCUT2D eigenvalue weighted by molar-refractivity contribution is 5.85. The zero-order chi connectivity index (χ0) is 12.3. The molecule has 1 amide bonds. The van der Waals surface area contributed by atoms with Gasteiger partial charge in [-0.15, -0.1) is 12.4 Å². The van der Waals surface area contributed by atoms with Gasteiger partial charge in [-0.05, 0) is 19.4 Å². The van der Waals surface area contributed by atoms with Crippen LogP contribution in [0.1, 0.15) is 18.1 Å². The molecule has 2 rings (SSSR count). The molecule has 3 nitrogen and oxygen atoms in total. The van der Waals surface area contributed by atoms with E-state index in [0.29, 0.717) is 12.5 Å². The number of carbonyl (C=O) groups is 1. The van der Waals surface area contributed by atoms with E-state index in [4.69, 9.17) is 0 Å². The standard InChI is InChI=1S/C14H20N2O.ClH/c1-11-4-3-5-13(8-11)9-14(17)16-7-6-15-12(2)10-16;/h3-5,8,12,15H,6-7,9-10H2,1-2H3;1H. The summed E-state index contributed by atoms with van der Waals surface area (Å²) in [5.41, 5.74) is 2.32. The van der Waals surface area contributed by atoms with E-state index in [1.807, 2.05) is 17.0 Å². The van der Waals surface area contributed by atoms with Gasteiger partial charge in [0.2, 0.25) is 5.91 Å². The first-order chi connectivity index (χ1) is 8.15. The first-order valence-electron chi connectivity index (χ1n) is 6.22. The summed E-state index contributed by atoms with van der Waals surface area (Å²) in [5.74, 6) is 0.240. The molecule has 0 spiro atoms. The van der Waals surface area contributed by atoms with Crippen LogP contribution < -0.4 is 5.32 Å². The van der Waals surface area contributed by atoms with Gasteiger partial charge >= 0.3 is 0 Å². The van der Waals surface area contributed by atoms with Gasteiger partial charge in [0.1, 0.15) is 0 Å². The van der Waals surface area contributed by atoms with Crippen molar-refractivity contribution in [3.05, 3.63) is 35.4 Å². The molecule has 18 heavy (non-hydrogen) atoms. The number of benzene rings is 1. The van der Waals surface area contributed by atoms with Gasteiger partial charge in [0, 0.05) is 25.7 Å². The van der Waals surface area contributed by atoms with Crippen molar-refractivity contribution in [3.8, 4) is 0 Å². The number of nitrogens with zero attached hydrogens (tertiary/aromatic N) is 1. The quantitative estimate of drug-likeness (QED) is 0.887. The summed E-state index contributed by atoms with van der Waals surface area (Å²) < 4.78 is 0. The molecule has 1 heterocycles. The molecule has 0 saturated carbocycles. The van der Waals surface area contributed by atoms with Crippen LogP contribution in [0.3, 0.4) is 0 Å². The molecule has 1 fully saturated rings. The van der Waals surface area contributed by atoms with Crippen molar-refractivity contribution < 1.29 is 4.79 Å². The van der Waals surface area contributed by atoms with Crippen molar-refractivity contribution >= 4 is 18.3 Å². The van der Waals surface area contributed by atoms with E-state index in [0.717, 1.165) is 25.2 Å². The minimum absolute atomic E-state index is 0. The van der Waals surface area contributed by atoms with Crippen LogP contribution in [0.15, 0.2) is 24.3 Å². The zero-order valence-electron chi connectivity index (χ0n) is 11.0. The molecule has 0 aliphatic carbocycles. The van der Waals surface area contributed by atoms with Gasteiger partial charge in [-0.2, -0.15) is 0 Å². The summed E-state index contributed by atoms with van der Waals surface area (Å²) in [7, 11) is 0. The predicted octanol–water partition coefficient (Wildman–Crippen LogP) is 1.78. The Morgan fingerprint density at radius 1 is 1.50 bits per heavy atom. The highest BCUT2D eigenvalue weighted by Crippen LogP contribution is 2.08. The van der Waals surface area contributed by atoms with Crippen LogP contribution in [0.2, 0.25) is 0 Å². The molecule has 1 unspecified atom stereocenters. The maximum absolute atomic E-state index is 12.1. The molecular weight excluding hydrogens is 248 g/mol. The fourth-order valence-corrected chi connectivity index (χ4v) is 2.27. The third-order valence-corrected chi connectivity index (χ3v) is 3.16. The number of amides is 1. The molecule has 0 radical (unpaired) electrons. The summed E-state index contributed by atoms with van der Waals surface area (Å²) in [6.45, 7) is 6.73. The average molecular weight is 269 g/mol. The first-order valence-corrected chi connectivity index (χ1v) is 6.22. The lowest BCUT2D eigenvalue weighted by molar-refractivity contribution is -0.131. The molecule has 1 aliphatic rings. The lowest BCUT2D eigenvalue weighted by Crippen LogP contribution is -2.51. The fourth-order valence-electron chi connectivity index (χ4n) is 2.27. The maximum atomic E-state index is 12.1. The number of aryl methyl sites for hydroxylation is 1. The summed E-state index contributed by atoms with van der Waals surface area (Å²) in [4.78, 5) is 14.1. The van der Waals surface area contributed by atoms with Crippen LogP contribution in [-0.2, 0) is 11.2 Å². The normalized spacial score (nSPS) is 19.2.